The summed E-state index contributed by atoms with van der Waals surface area (Å²) >= 11 is 2.55. The van der Waals surface area contributed by atoms with Crippen LogP contribution in [0.2, 0.25) is 0 Å². The molecule has 0 amide bonds. The summed E-state index contributed by atoms with van der Waals surface area (Å²) in [5.41, 5.74) is 0.913. The van der Waals surface area contributed by atoms with Crippen molar-refractivity contribution in [2.75, 3.05) is 12.4 Å². The number of benzene rings is 2. The average molecular weight is 360 g/mol. The predicted octanol–water partition coefficient (Wildman–Crippen LogP) is 4.35. The summed E-state index contributed by atoms with van der Waals surface area (Å²) in [6, 6.07) is 14.0. The Morgan fingerprint density at radius 1 is 1.17 bits per heavy atom. The molecule has 0 aliphatic carbocycles. The first-order chi connectivity index (χ1) is 11.7. The number of anilines is 2. The van der Waals surface area contributed by atoms with Gasteiger partial charge in [-0.25, -0.2) is 0 Å². The molecule has 3 rings (SSSR count). The molecule has 0 aliphatic heterocycles. The zero-order chi connectivity index (χ0) is 16.9. The number of aromatic nitrogens is 2. The molecule has 0 fully saturated rings. The molecule has 2 aromatic carbocycles. The largest absolute Gasteiger partial charge is 0.497 e. The quantitative estimate of drug-likeness (QED) is 0.516. The van der Waals surface area contributed by atoms with Gasteiger partial charge in [-0.2, -0.15) is 0 Å². The number of methoxy groups -OCH3 is 1. The van der Waals surface area contributed by atoms with Gasteiger partial charge in [-0.15, -0.1) is 10.2 Å². The van der Waals surface area contributed by atoms with Gasteiger partial charge in [0, 0.05) is 11.8 Å². The second-order valence-electron chi connectivity index (χ2n) is 4.55. The average Bonchev–Trinajstić information content (AvgIpc) is 3.03. The van der Waals surface area contributed by atoms with E-state index in [0.717, 1.165) is 11.4 Å². The fraction of sp³-hybridized carbons (Fsp3) is 0.0667. The monoisotopic (exact) mass is 360 g/mol. The van der Waals surface area contributed by atoms with Crippen LogP contribution in [0.4, 0.5) is 16.5 Å². The van der Waals surface area contributed by atoms with Crippen molar-refractivity contribution in [3.63, 3.8) is 0 Å². The molecule has 24 heavy (non-hydrogen) atoms. The van der Waals surface area contributed by atoms with E-state index in [1.54, 1.807) is 25.3 Å². The lowest BCUT2D eigenvalue weighted by atomic mass is 10.3. The Morgan fingerprint density at radius 3 is 2.62 bits per heavy atom. The highest BCUT2D eigenvalue weighted by Gasteiger charge is 2.16. The van der Waals surface area contributed by atoms with Crippen molar-refractivity contribution in [1.29, 1.82) is 0 Å². The van der Waals surface area contributed by atoms with Gasteiger partial charge < -0.3 is 10.1 Å². The minimum Gasteiger partial charge on any atom is -0.497 e. The maximum atomic E-state index is 11.0. The molecule has 0 aliphatic rings. The lowest BCUT2D eigenvalue weighted by Crippen LogP contribution is -1.89. The number of nitrogens with one attached hydrogen (secondary N) is 1. The van der Waals surface area contributed by atoms with E-state index in [4.69, 9.17) is 4.74 Å². The smallest absolute Gasteiger partial charge is 0.283 e. The van der Waals surface area contributed by atoms with Crippen molar-refractivity contribution < 1.29 is 9.66 Å². The van der Waals surface area contributed by atoms with Crippen molar-refractivity contribution in [2.24, 2.45) is 0 Å². The molecule has 7 nitrogen and oxygen atoms in total. The molecule has 1 heterocycles. The molecule has 0 atom stereocenters. The van der Waals surface area contributed by atoms with Gasteiger partial charge in [0.05, 0.1) is 16.9 Å². The second kappa shape index (κ2) is 7.28. The third-order valence-electron chi connectivity index (χ3n) is 3.01. The number of para-hydroxylation sites is 1. The van der Waals surface area contributed by atoms with Crippen LogP contribution in [0.15, 0.2) is 57.8 Å². The minimum atomic E-state index is -0.403. The van der Waals surface area contributed by atoms with Crippen LogP contribution in [0.1, 0.15) is 0 Å². The van der Waals surface area contributed by atoms with E-state index in [-0.39, 0.29) is 5.69 Å². The van der Waals surface area contributed by atoms with Crippen molar-refractivity contribution >= 4 is 39.6 Å². The molecule has 0 spiro atoms. The van der Waals surface area contributed by atoms with Crippen LogP contribution in [0.25, 0.3) is 0 Å². The zero-order valence-corrected chi connectivity index (χ0v) is 14.1. The summed E-state index contributed by atoms with van der Waals surface area (Å²) in [6.45, 7) is 0. The van der Waals surface area contributed by atoms with Crippen LogP contribution in [0.3, 0.4) is 0 Å². The Kier molecular flexibility index (Phi) is 4.92. The number of rotatable bonds is 6. The van der Waals surface area contributed by atoms with Gasteiger partial charge in [0.1, 0.15) is 5.75 Å². The SMILES string of the molecule is COc1ccc(Nc2nnc(Sc3ccccc3[N+](=O)[O-])s2)cc1. The molecular weight excluding hydrogens is 348 g/mol. The van der Waals surface area contributed by atoms with Gasteiger partial charge >= 0.3 is 0 Å². The second-order valence-corrected chi connectivity index (χ2v) is 6.82. The lowest BCUT2D eigenvalue weighted by molar-refractivity contribution is -0.387. The number of nitro groups is 1. The van der Waals surface area contributed by atoms with E-state index in [1.165, 1.54) is 29.2 Å². The first-order valence-corrected chi connectivity index (χ1v) is 8.45. The number of hydrogen-bond donors (Lipinski definition) is 1. The maximum absolute atomic E-state index is 11.0. The van der Waals surface area contributed by atoms with Crippen molar-refractivity contribution in [3.8, 4) is 5.75 Å². The summed E-state index contributed by atoms with van der Waals surface area (Å²) in [6.07, 6.45) is 0. The van der Waals surface area contributed by atoms with Crippen LogP contribution in [0, 0.1) is 10.1 Å². The van der Waals surface area contributed by atoms with Gasteiger partial charge in [0.2, 0.25) is 5.13 Å². The Balaban J connectivity index is 1.72. The van der Waals surface area contributed by atoms with E-state index >= 15 is 0 Å². The minimum absolute atomic E-state index is 0.0577. The van der Waals surface area contributed by atoms with Crippen molar-refractivity contribution in [1.82, 2.24) is 10.2 Å². The highest BCUT2D eigenvalue weighted by atomic mass is 32.2. The zero-order valence-electron chi connectivity index (χ0n) is 12.5. The normalized spacial score (nSPS) is 10.4. The number of nitro benzene ring substituents is 1. The first-order valence-electron chi connectivity index (χ1n) is 6.81. The van der Waals surface area contributed by atoms with Crippen molar-refractivity contribution in [2.45, 2.75) is 9.24 Å². The molecule has 1 N–H and O–H groups in total. The van der Waals surface area contributed by atoms with E-state index < -0.39 is 4.92 Å². The molecule has 1 aromatic heterocycles. The summed E-state index contributed by atoms with van der Waals surface area (Å²) in [5.74, 6) is 0.769. The maximum Gasteiger partial charge on any atom is 0.283 e. The van der Waals surface area contributed by atoms with E-state index in [9.17, 15) is 10.1 Å². The molecular formula is C15H12N4O3S2. The molecule has 0 bridgehead atoms. The van der Waals surface area contributed by atoms with E-state index in [1.807, 2.05) is 24.3 Å². The summed E-state index contributed by atoms with van der Waals surface area (Å²) in [7, 11) is 1.61. The van der Waals surface area contributed by atoms with Gasteiger partial charge in [0.25, 0.3) is 5.69 Å². The summed E-state index contributed by atoms with van der Waals surface area (Å²) < 4.78 is 5.73. The third kappa shape index (κ3) is 3.81. The van der Waals surface area contributed by atoms with Crippen LogP contribution >= 0.6 is 23.1 Å². The third-order valence-corrected chi connectivity index (χ3v) is 4.96. The molecule has 9 heteroatoms. The van der Waals surface area contributed by atoms with Gasteiger partial charge in [-0.1, -0.05) is 23.5 Å². The van der Waals surface area contributed by atoms with Gasteiger partial charge in [-0.3, -0.25) is 10.1 Å². The number of hydrogen-bond acceptors (Lipinski definition) is 8. The topological polar surface area (TPSA) is 90.2 Å². The molecule has 0 unspecified atom stereocenters. The molecule has 0 saturated heterocycles. The van der Waals surface area contributed by atoms with E-state index in [2.05, 4.69) is 15.5 Å². The van der Waals surface area contributed by atoms with E-state index in [0.29, 0.717) is 14.4 Å². The lowest BCUT2D eigenvalue weighted by Gasteiger charge is -2.03. The molecule has 0 saturated carbocycles. The van der Waals surface area contributed by atoms with Crippen LogP contribution < -0.4 is 10.1 Å². The first kappa shape index (κ1) is 16.2. The van der Waals surface area contributed by atoms with Crippen LogP contribution in [-0.4, -0.2) is 22.2 Å². The molecule has 122 valence electrons. The van der Waals surface area contributed by atoms with Gasteiger partial charge in [0.15, 0.2) is 4.34 Å². The summed E-state index contributed by atoms with van der Waals surface area (Å²) in [4.78, 5) is 11.2. The Morgan fingerprint density at radius 2 is 1.92 bits per heavy atom. The predicted molar refractivity (Wildman–Crippen MR) is 93.4 cm³/mol. The molecule has 0 radical (unpaired) electrons. The Hall–Kier alpha value is -2.65. The highest BCUT2D eigenvalue weighted by molar-refractivity contribution is 8.01. The van der Waals surface area contributed by atoms with Crippen LogP contribution in [0.5, 0.6) is 5.75 Å². The van der Waals surface area contributed by atoms with Gasteiger partial charge in [-0.05, 0) is 42.1 Å². The highest BCUT2D eigenvalue weighted by Crippen LogP contribution is 2.37. The number of ether oxygens (including phenoxy) is 1. The van der Waals surface area contributed by atoms with Crippen LogP contribution in [-0.2, 0) is 0 Å². The fourth-order valence-electron chi connectivity index (χ4n) is 1.89. The molecule has 3 aromatic rings. The van der Waals surface area contributed by atoms with Crippen molar-refractivity contribution in [3.05, 3.63) is 58.6 Å². The Bertz CT molecular complexity index is 852. The fourth-order valence-corrected chi connectivity index (χ4v) is 3.72. The number of nitrogens with zero attached hydrogens (tertiary/aromatic N) is 3. The summed E-state index contributed by atoms with van der Waals surface area (Å²) in [5, 5.41) is 22.9. The standard InChI is InChI=1S/C15H12N4O3S2/c1-22-11-8-6-10(7-9-11)16-14-17-18-15(24-14)23-13-5-3-2-4-12(13)19(20)21/h2-9H,1H3,(H,16,17). The Labute approximate surface area is 145 Å².